The molecule has 2 rings (SSSR count). The molecule has 0 aliphatic heterocycles. The van der Waals surface area contributed by atoms with Crippen molar-refractivity contribution in [2.75, 3.05) is 0 Å². The molecule has 5 heteroatoms. The molecule has 1 heterocycles. The van der Waals surface area contributed by atoms with Crippen LogP contribution in [0.5, 0.6) is 0 Å². The van der Waals surface area contributed by atoms with Gasteiger partial charge in [-0.3, -0.25) is 0 Å². The zero-order valence-corrected chi connectivity index (χ0v) is 8.04. The third-order valence-corrected chi connectivity index (χ3v) is 2.93. The number of aromatic nitrogens is 1. The summed E-state index contributed by atoms with van der Waals surface area (Å²) in [5.74, 6) is -0.928. The fourth-order valence-corrected chi connectivity index (χ4v) is 2.24. The van der Waals surface area contributed by atoms with Gasteiger partial charge in [0.1, 0.15) is 0 Å². The summed E-state index contributed by atoms with van der Waals surface area (Å²) >= 11 is 1.18. The first kappa shape index (κ1) is 9.11. The topological polar surface area (TPSA) is 76.2 Å². The Balaban J connectivity index is 2.76. The molecule has 0 aliphatic rings. The summed E-state index contributed by atoms with van der Waals surface area (Å²) in [5.41, 5.74) is 6.53. The Morgan fingerprint density at radius 1 is 1.57 bits per heavy atom. The Kier molecular flexibility index (Phi) is 2.18. The first-order valence-electron chi connectivity index (χ1n) is 4.04. The fraction of sp³-hybridized carbons (Fsp3) is 0.111. The lowest BCUT2D eigenvalue weighted by Crippen LogP contribution is -1.98. The summed E-state index contributed by atoms with van der Waals surface area (Å²) in [6.45, 7) is 0.336. The molecule has 1 aromatic carbocycles. The van der Waals surface area contributed by atoms with Crippen molar-refractivity contribution < 1.29 is 9.90 Å². The van der Waals surface area contributed by atoms with Crippen molar-refractivity contribution in [1.29, 1.82) is 0 Å². The molecule has 0 saturated carbocycles. The molecule has 0 aliphatic carbocycles. The van der Waals surface area contributed by atoms with E-state index >= 15 is 0 Å². The monoisotopic (exact) mass is 208 g/mol. The van der Waals surface area contributed by atoms with Gasteiger partial charge in [-0.05, 0) is 17.6 Å². The number of carboxylic acids is 1. The molecule has 2 aromatic rings. The van der Waals surface area contributed by atoms with Gasteiger partial charge in [0.25, 0.3) is 0 Å². The molecule has 0 amide bonds. The molecule has 0 unspecified atom stereocenters. The number of nitrogens with zero attached hydrogens (tertiary/aromatic N) is 1. The number of hydrogen-bond donors (Lipinski definition) is 2. The number of carboxylic acid groups (broad SMARTS) is 1. The van der Waals surface area contributed by atoms with Crippen LogP contribution in [0.4, 0.5) is 0 Å². The lowest BCUT2D eigenvalue weighted by atomic mass is 10.1. The highest BCUT2D eigenvalue weighted by molar-refractivity contribution is 7.13. The first-order valence-corrected chi connectivity index (χ1v) is 4.82. The number of nitrogens with two attached hydrogens (primary N) is 1. The van der Waals surface area contributed by atoms with Gasteiger partial charge in [-0.1, -0.05) is 12.1 Å². The zero-order valence-electron chi connectivity index (χ0n) is 7.23. The number of carbonyl (C=O) groups is 1. The predicted octanol–water partition coefficient (Wildman–Crippen LogP) is 1.45. The molecule has 0 atom stereocenters. The minimum absolute atomic E-state index is 0.291. The van der Waals surface area contributed by atoms with Crippen LogP contribution < -0.4 is 5.73 Å². The maximum atomic E-state index is 10.9. The lowest BCUT2D eigenvalue weighted by Gasteiger charge is -1.95. The number of benzene rings is 1. The zero-order chi connectivity index (χ0) is 10.1. The second-order valence-electron chi connectivity index (χ2n) is 2.82. The normalized spacial score (nSPS) is 10.6. The van der Waals surface area contributed by atoms with Crippen LogP contribution in [-0.4, -0.2) is 15.4 Å². The molecular formula is C9H8N2O2S. The average molecular weight is 208 g/mol. The number of aromatic carboxylic acids is 1. The lowest BCUT2D eigenvalue weighted by molar-refractivity contribution is 0.0699. The van der Waals surface area contributed by atoms with E-state index in [-0.39, 0.29) is 0 Å². The number of fused-ring (bicyclic) bond motifs is 1. The summed E-state index contributed by atoms with van der Waals surface area (Å²) in [4.78, 5) is 10.9. The summed E-state index contributed by atoms with van der Waals surface area (Å²) < 4.78 is 4.81. The van der Waals surface area contributed by atoms with E-state index in [2.05, 4.69) is 4.37 Å². The van der Waals surface area contributed by atoms with E-state index < -0.39 is 5.97 Å². The van der Waals surface area contributed by atoms with Crippen molar-refractivity contribution in [1.82, 2.24) is 4.37 Å². The van der Waals surface area contributed by atoms with E-state index in [1.807, 2.05) is 6.07 Å². The van der Waals surface area contributed by atoms with E-state index in [9.17, 15) is 4.79 Å². The second-order valence-corrected chi connectivity index (χ2v) is 3.59. The average Bonchev–Trinajstić information content (AvgIpc) is 2.59. The molecule has 1 aromatic heterocycles. The Morgan fingerprint density at radius 2 is 2.36 bits per heavy atom. The van der Waals surface area contributed by atoms with E-state index in [4.69, 9.17) is 10.8 Å². The molecule has 72 valence electrons. The predicted molar refractivity (Wildman–Crippen MR) is 54.5 cm³/mol. The van der Waals surface area contributed by atoms with Gasteiger partial charge in [-0.25, -0.2) is 4.79 Å². The Hall–Kier alpha value is -1.46. The summed E-state index contributed by atoms with van der Waals surface area (Å²) in [5, 5.41) is 9.76. The summed E-state index contributed by atoms with van der Waals surface area (Å²) in [6.07, 6.45) is 0. The molecule has 0 saturated heterocycles. The first-order chi connectivity index (χ1) is 6.74. The molecule has 3 N–H and O–H groups in total. The largest absolute Gasteiger partial charge is 0.478 e. The quantitative estimate of drug-likeness (QED) is 0.783. The third kappa shape index (κ3) is 1.26. The summed E-state index contributed by atoms with van der Waals surface area (Å²) in [6, 6.07) is 5.12. The minimum atomic E-state index is -0.928. The van der Waals surface area contributed by atoms with Gasteiger partial charge in [0, 0.05) is 11.9 Å². The maximum Gasteiger partial charge on any atom is 0.337 e. The van der Waals surface area contributed by atoms with Crippen LogP contribution in [0.2, 0.25) is 0 Å². The van der Waals surface area contributed by atoms with Gasteiger partial charge >= 0.3 is 5.97 Å². The number of rotatable bonds is 2. The molecule has 4 nitrogen and oxygen atoms in total. The molecule has 14 heavy (non-hydrogen) atoms. The van der Waals surface area contributed by atoms with Crippen LogP contribution in [0.3, 0.4) is 0 Å². The van der Waals surface area contributed by atoms with Crippen molar-refractivity contribution in [2.45, 2.75) is 6.54 Å². The molecule has 0 spiro atoms. The maximum absolute atomic E-state index is 10.9. The van der Waals surface area contributed by atoms with Gasteiger partial charge in [0.15, 0.2) is 0 Å². The smallest absolute Gasteiger partial charge is 0.337 e. The molecular weight excluding hydrogens is 200 g/mol. The standard InChI is InChI=1S/C9H8N2O2S/c10-4-7-5-2-1-3-6(9(12)13)8(5)14-11-7/h1-3H,4,10H2,(H,12,13). The van der Waals surface area contributed by atoms with E-state index in [1.165, 1.54) is 11.5 Å². The van der Waals surface area contributed by atoms with Crippen LogP contribution in [0.25, 0.3) is 10.1 Å². The van der Waals surface area contributed by atoms with E-state index in [1.54, 1.807) is 12.1 Å². The van der Waals surface area contributed by atoms with Crippen LogP contribution in [-0.2, 0) is 6.54 Å². The van der Waals surface area contributed by atoms with Gasteiger partial charge < -0.3 is 10.8 Å². The van der Waals surface area contributed by atoms with Gasteiger partial charge in [0.05, 0.1) is 16.0 Å². The van der Waals surface area contributed by atoms with Crippen LogP contribution >= 0.6 is 11.5 Å². The third-order valence-electron chi connectivity index (χ3n) is 2.00. The van der Waals surface area contributed by atoms with Crippen molar-refractivity contribution in [3.8, 4) is 0 Å². The molecule has 0 radical (unpaired) electrons. The second kappa shape index (κ2) is 3.36. The molecule has 0 fully saturated rings. The van der Waals surface area contributed by atoms with Crippen LogP contribution in [0.15, 0.2) is 18.2 Å². The van der Waals surface area contributed by atoms with Crippen LogP contribution in [0.1, 0.15) is 16.1 Å². The van der Waals surface area contributed by atoms with Gasteiger partial charge in [0.2, 0.25) is 0 Å². The van der Waals surface area contributed by atoms with Crippen molar-refractivity contribution in [3.05, 3.63) is 29.5 Å². The number of hydrogen-bond acceptors (Lipinski definition) is 4. The van der Waals surface area contributed by atoms with Crippen molar-refractivity contribution in [2.24, 2.45) is 5.73 Å². The summed E-state index contributed by atoms with van der Waals surface area (Å²) in [7, 11) is 0. The van der Waals surface area contributed by atoms with Crippen LogP contribution in [0, 0.1) is 0 Å². The Bertz CT molecular complexity index is 493. The highest BCUT2D eigenvalue weighted by Crippen LogP contribution is 2.25. The Morgan fingerprint density at radius 3 is 3.00 bits per heavy atom. The molecule has 0 bridgehead atoms. The van der Waals surface area contributed by atoms with Gasteiger partial charge in [-0.15, -0.1) is 0 Å². The van der Waals surface area contributed by atoms with Gasteiger partial charge in [-0.2, -0.15) is 4.37 Å². The highest BCUT2D eigenvalue weighted by Gasteiger charge is 2.12. The van der Waals surface area contributed by atoms with Crippen molar-refractivity contribution >= 4 is 27.6 Å². The van der Waals surface area contributed by atoms with Crippen molar-refractivity contribution in [3.63, 3.8) is 0 Å². The minimum Gasteiger partial charge on any atom is -0.478 e. The van der Waals surface area contributed by atoms with E-state index in [0.717, 1.165) is 11.1 Å². The van der Waals surface area contributed by atoms with E-state index in [0.29, 0.717) is 16.8 Å². The highest BCUT2D eigenvalue weighted by atomic mass is 32.1. The Labute approximate surface area is 84.1 Å². The SMILES string of the molecule is NCc1nsc2c(C(=O)O)cccc12. The fourth-order valence-electron chi connectivity index (χ4n) is 1.33.